The fourth-order valence-corrected chi connectivity index (χ4v) is 3.30. The Kier molecular flexibility index (Phi) is 4.77. The Hall–Kier alpha value is -2.85. The predicted molar refractivity (Wildman–Crippen MR) is 97.1 cm³/mol. The number of carbonyl (C=O) groups is 2. The third-order valence-electron chi connectivity index (χ3n) is 3.53. The Balaban J connectivity index is 1.90. The van der Waals surface area contributed by atoms with E-state index in [0.717, 1.165) is 21.0 Å². The number of rotatable bonds is 5. The molecule has 4 heteroatoms. The molecule has 0 saturated carbocycles. The van der Waals surface area contributed by atoms with Crippen LogP contribution in [0.25, 0.3) is 16.5 Å². The summed E-state index contributed by atoms with van der Waals surface area (Å²) < 4.78 is 0. The SMILES string of the molecule is Cc1cc(-c2ccc(/C=C(\C=O)C(=O)c3ccccc3)s2)ccn1. The first kappa shape index (κ1) is 16.0. The number of aldehydes is 1. The van der Waals surface area contributed by atoms with Gasteiger partial charge in [-0.2, -0.15) is 0 Å². The molecule has 1 aromatic carbocycles. The summed E-state index contributed by atoms with van der Waals surface area (Å²) >= 11 is 1.54. The maximum absolute atomic E-state index is 12.4. The van der Waals surface area contributed by atoms with Crippen LogP contribution in [0.15, 0.2) is 66.4 Å². The zero-order valence-electron chi connectivity index (χ0n) is 13.1. The molecule has 0 N–H and O–H groups in total. The van der Waals surface area contributed by atoms with Gasteiger partial charge in [0, 0.05) is 27.2 Å². The largest absolute Gasteiger partial charge is 0.298 e. The molecule has 2 heterocycles. The predicted octanol–water partition coefficient (Wildman–Crippen LogP) is 4.58. The van der Waals surface area contributed by atoms with E-state index >= 15 is 0 Å². The summed E-state index contributed by atoms with van der Waals surface area (Å²) in [5.74, 6) is -0.264. The van der Waals surface area contributed by atoms with E-state index in [9.17, 15) is 9.59 Å². The first-order valence-corrected chi connectivity index (χ1v) is 8.28. The number of carbonyl (C=O) groups excluding carboxylic acids is 2. The van der Waals surface area contributed by atoms with E-state index < -0.39 is 0 Å². The normalized spacial score (nSPS) is 11.3. The van der Waals surface area contributed by atoms with E-state index in [4.69, 9.17) is 0 Å². The second kappa shape index (κ2) is 7.15. The molecule has 0 unspecified atom stereocenters. The lowest BCUT2D eigenvalue weighted by Gasteiger charge is -1.99. The summed E-state index contributed by atoms with van der Waals surface area (Å²) in [7, 11) is 0. The number of allylic oxidation sites excluding steroid dienone is 1. The van der Waals surface area contributed by atoms with Crippen LogP contribution in [0, 0.1) is 6.92 Å². The van der Waals surface area contributed by atoms with E-state index in [1.165, 1.54) is 11.3 Å². The minimum atomic E-state index is -0.264. The molecule has 3 aromatic rings. The van der Waals surface area contributed by atoms with Crippen molar-refractivity contribution < 1.29 is 9.59 Å². The van der Waals surface area contributed by atoms with Crippen molar-refractivity contribution in [2.24, 2.45) is 0 Å². The molecule has 0 aliphatic carbocycles. The van der Waals surface area contributed by atoms with Gasteiger partial charge < -0.3 is 0 Å². The highest BCUT2D eigenvalue weighted by molar-refractivity contribution is 7.16. The third-order valence-corrected chi connectivity index (χ3v) is 4.61. The minimum Gasteiger partial charge on any atom is -0.298 e. The van der Waals surface area contributed by atoms with Crippen LogP contribution in [-0.2, 0) is 4.79 Å². The van der Waals surface area contributed by atoms with Gasteiger partial charge in [-0.15, -0.1) is 11.3 Å². The molecule has 2 aromatic heterocycles. The number of aromatic nitrogens is 1. The van der Waals surface area contributed by atoms with Gasteiger partial charge in [0.25, 0.3) is 0 Å². The Labute approximate surface area is 144 Å². The van der Waals surface area contributed by atoms with Gasteiger partial charge in [-0.3, -0.25) is 14.6 Å². The van der Waals surface area contributed by atoms with Crippen molar-refractivity contribution >= 4 is 29.5 Å². The molecule has 0 aliphatic rings. The minimum absolute atomic E-state index is 0.153. The van der Waals surface area contributed by atoms with Crippen molar-refractivity contribution in [3.8, 4) is 10.4 Å². The topological polar surface area (TPSA) is 47.0 Å². The number of benzene rings is 1. The second-order valence-electron chi connectivity index (χ2n) is 5.30. The second-order valence-corrected chi connectivity index (χ2v) is 6.42. The van der Waals surface area contributed by atoms with Crippen LogP contribution in [-0.4, -0.2) is 17.1 Å². The summed E-state index contributed by atoms with van der Waals surface area (Å²) in [6, 6.07) is 16.7. The van der Waals surface area contributed by atoms with Crippen molar-refractivity contribution in [3.63, 3.8) is 0 Å². The molecule has 0 spiro atoms. The van der Waals surface area contributed by atoms with Gasteiger partial charge in [-0.25, -0.2) is 0 Å². The molecule has 3 rings (SSSR count). The van der Waals surface area contributed by atoms with Crippen molar-refractivity contribution in [2.45, 2.75) is 6.92 Å². The zero-order chi connectivity index (χ0) is 16.9. The van der Waals surface area contributed by atoms with Gasteiger partial charge in [0.2, 0.25) is 0 Å². The molecule has 0 fully saturated rings. The maximum Gasteiger partial charge on any atom is 0.196 e. The molecule has 0 amide bonds. The van der Waals surface area contributed by atoms with E-state index in [2.05, 4.69) is 4.98 Å². The summed E-state index contributed by atoms with van der Waals surface area (Å²) in [6.45, 7) is 1.95. The van der Waals surface area contributed by atoms with Crippen molar-refractivity contribution in [3.05, 3.63) is 82.5 Å². The molecule has 118 valence electrons. The fourth-order valence-electron chi connectivity index (χ4n) is 2.35. The highest BCUT2D eigenvalue weighted by Crippen LogP contribution is 2.29. The van der Waals surface area contributed by atoms with Crippen LogP contribution >= 0.6 is 11.3 Å². The molecular weight excluding hydrogens is 318 g/mol. The number of Topliss-reactive ketones (excluding diaryl/α,β-unsaturated/α-hetero) is 1. The molecular formula is C20H15NO2S. The van der Waals surface area contributed by atoms with Crippen LogP contribution in [0.2, 0.25) is 0 Å². The lowest BCUT2D eigenvalue weighted by atomic mass is 10.0. The smallest absolute Gasteiger partial charge is 0.196 e. The van der Waals surface area contributed by atoms with Crippen LogP contribution in [0.4, 0.5) is 0 Å². The lowest BCUT2D eigenvalue weighted by Crippen LogP contribution is -2.03. The number of hydrogen-bond donors (Lipinski definition) is 0. The van der Waals surface area contributed by atoms with Gasteiger partial charge in [0.05, 0.1) is 5.57 Å². The van der Waals surface area contributed by atoms with Crippen molar-refractivity contribution in [1.82, 2.24) is 4.98 Å². The molecule has 0 radical (unpaired) electrons. The number of thiophene rings is 1. The molecule has 24 heavy (non-hydrogen) atoms. The Morgan fingerprint density at radius 2 is 1.88 bits per heavy atom. The first-order valence-electron chi connectivity index (χ1n) is 7.47. The molecule has 0 aliphatic heterocycles. The number of ketones is 1. The standard InChI is InChI=1S/C20H15NO2S/c1-14-11-16(9-10-21-14)19-8-7-18(24-19)12-17(13-22)20(23)15-5-3-2-4-6-15/h2-13H,1H3/b17-12+. The summed E-state index contributed by atoms with van der Waals surface area (Å²) in [5, 5.41) is 0. The van der Waals surface area contributed by atoms with E-state index in [0.29, 0.717) is 11.8 Å². The highest BCUT2D eigenvalue weighted by atomic mass is 32.1. The number of nitrogens with zero attached hydrogens (tertiary/aromatic N) is 1. The van der Waals surface area contributed by atoms with Crippen LogP contribution in [0.1, 0.15) is 20.9 Å². The van der Waals surface area contributed by atoms with Gasteiger partial charge in [-0.05, 0) is 42.8 Å². The zero-order valence-corrected chi connectivity index (χ0v) is 13.9. The van der Waals surface area contributed by atoms with Crippen LogP contribution < -0.4 is 0 Å². The van der Waals surface area contributed by atoms with Gasteiger partial charge in [-0.1, -0.05) is 30.3 Å². The van der Waals surface area contributed by atoms with Crippen LogP contribution in [0.5, 0.6) is 0 Å². The molecule has 0 saturated heterocycles. The van der Waals surface area contributed by atoms with Crippen molar-refractivity contribution in [2.75, 3.05) is 0 Å². The Morgan fingerprint density at radius 3 is 2.58 bits per heavy atom. The Bertz CT molecular complexity index is 910. The Morgan fingerprint density at radius 1 is 1.08 bits per heavy atom. The number of pyridine rings is 1. The lowest BCUT2D eigenvalue weighted by molar-refractivity contribution is -0.104. The van der Waals surface area contributed by atoms with Gasteiger partial charge >= 0.3 is 0 Å². The fraction of sp³-hybridized carbons (Fsp3) is 0.0500. The third kappa shape index (κ3) is 3.55. The van der Waals surface area contributed by atoms with Gasteiger partial charge in [0.15, 0.2) is 12.1 Å². The van der Waals surface area contributed by atoms with Crippen LogP contribution in [0.3, 0.4) is 0 Å². The molecule has 0 atom stereocenters. The van der Waals surface area contributed by atoms with E-state index in [1.807, 2.05) is 37.3 Å². The average molecular weight is 333 g/mol. The quantitative estimate of drug-likeness (QED) is 0.226. The van der Waals surface area contributed by atoms with E-state index in [1.54, 1.807) is 36.5 Å². The average Bonchev–Trinajstić information content (AvgIpc) is 3.08. The summed E-state index contributed by atoms with van der Waals surface area (Å²) in [5.41, 5.74) is 2.69. The molecule has 3 nitrogen and oxygen atoms in total. The maximum atomic E-state index is 12.4. The summed E-state index contributed by atoms with van der Waals surface area (Å²) in [4.78, 5) is 29.9. The molecule has 0 bridgehead atoms. The number of hydrogen-bond acceptors (Lipinski definition) is 4. The number of aryl methyl sites for hydroxylation is 1. The highest BCUT2D eigenvalue weighted by Gasteiger charge is 2.12. The summed E-state index contributed by atoms with van der Waals surface area (Å²) in [6.07, 6.45) is 4.03. The van der Waals surface area contributed by atoms with Gasteiger partial charge in [0.1, 0.15) is 0 Å². The van der Waals surface area contributed by atoms with Crippen molar-refractivity contribution in [1.29, 1.82) is 0 Å². The van der Waals surface area contributed by atoms with E-state index in [-0.39, 0.29) is 11.4 Å². The first-order chi connectivity index (χ1) is 11.7. The monoisotopic (exact) mass is 333 g/mol.